The van der Waals surface area contributed by atoms with Crippen LogP contribution in [0.3, 0.4) is 0 Å². The normalized spacial score (nSPS) is 17.3. The molecule has 0 aliphatic carbocycles. The molecule has 1 saturated heterocycles. The molecular weight excluding hydrogens is 306 g/mol. The zero-order valence-corrected chi connectivity index (χ0v) is 14.1. The number of rotatable bonds is 3. The number of thiophene rings is 1. The number of hydrogen-bond acceptors (Lipinski definition) is 7. The van der Waals surface area contributed by atoms with Crippen LogP contribution in [0.1, 0.15) is 36.0 Å². The molecule has 7 heteroatoms. The van der Waals surface area contributed by atoms with E-state index < -0.39 is 5.97 Å². The first-order valence-corrected chi connectivity index (χ1v) is 8.58. The zero-order chi connectivity index (χ0) is 15.6. The SMILES string of the molecule is CCOC(=O)c1c(N2CCSC(C)(C)C2)sc(C#N)c1N. The maximum Gasteiger partial charge on any atom is 0.343 e. The summed E-state index contributed by atoms with van der Waals surface area (Å²) in [4.78, 5) is 14.7. The summed E-state index contributed by atoms with van der Waals surface area (Å²) in [6.07, 6.45) is 0. The first kappa shape index (κ1) is 16.0. The molecule has 0 aromatic carbocycles. The molecule has 1 fully saturated rings. The van der Waals surface area contributed by atoms with Crippen LogP contribution in [-0.2, 0) is 4.74 Å². The Kier molecular flexibility index (Phi) is 4.69. The van der Waals surface area contributed by atoms with Gasteiger partial charge in [0.2, 0.25) is 0 Å². The fraction of sp³-hybridized carbons (Fsp3) is 0.571. The van der Waals surface area contributed by atoms with E-state index in [1.807, 2.05) is 11.8 Å². The number of nitrogen functional groups attached to an aromatic ring is 1. The minimum absolute atomic E-state index is 0.107. The Bertz CT molecular complexity index is 590. The van der Waals surface area contributed by atoms with Crippen molar-refractivity contribution in [1.82, 2.24) is 0 Å². The molecule has 0 spiro atoms. The molecule has 1 aliphatic heterocycles. The Hall–Kier alpha value is -1.39. The molecule has 2 rings (SSSR count). The van der Waals surface area contributed by atoms with Crippen LogP contribution < -0.4 is 10.6 Å². The average Bonchev–Trinajstić information content (AvgIpc) is 2.75. The van der Waals surface area contributed by atoms with Crippen LogP contribution in [0.2, 0.25) is 0 Å². The highest BCUT2D eigenvalue weighted by molar-refractivity contribution is 8.00. The highest BCUT2D eigenvalue weighted by Gasteiger charge is 2.32. The number of esters is 1. The van der Waals surface area contributed by atoms with Crippen molar-refractivity contribution in [3.63, 3.8) is 0 Å². The first-order chi connectivity index (χ1) is 9.89. The van der Waals surface area contributed by atoms with Gasteiger partial charge in [0.15, 0.2) is 0 Å². The van der Waals surface area contributed by atoms with Crippen molar-refractivity contribution in [2.24, 2.45) is 0 Å². The van der Waals surface area contributed by atoms with E-state index in [-0.39, 0.29) is 17.0 Å². The zero-order valence-electron chi connectivity index (χ0n) is 12.4. The topological polar surface area (TPSA) is 79.3 Å². The number of thioether (sulfide) groups is 1. The summed E-state index contributed by atoms with van der Waals surface area (Å²) < 4.78 is 5.20. The van der Waals surface area contributed by atoms with Crippen LogP contribution >= 0.6 is 23.1 Å². The fourth-order valence-corrected chi connectivity index (χ4v) is 4.47. The summed E-state index contributed by atoms with van der Waals surface area (Å²) in [5, 5.41) is 9.93. The highest BCUT2D eigenvalue weighted by Crippen LogP contribution is 2.41. The lowest BCUT2D eigenvalue weighted by molar-refractivity contribution is 0.0529. The fourth-order valence-electron chi connectivity index (χ4n) is 2.33. The molecule has 0 unspecified atom stereocenters. The van der Waals surface area contributed by atoms with Gasteiger partial charge in [0.25, 0.3) is 0 Å². The van der Waals surface area contributed by atoms with Gasteiger partial charge >= 0.3 is 5.97 Å². The number of carbonyl (C=O) groups is 1. The van der Waals surface area contributed by atoms with Crippen LogP contribution in [0.5, 0.6) is 0 Å². The van der Waals surface area contributed by atoms with E-state index in [9.17, 15) is 10.1 Å². The van der Waals surface area contributed by atoms with Crippen molar-refractivity contribution in [3.8, 4) is 6.07 Å². The van der Waals surface area contributed by atoms with Gasteiger partial charge in [-0.25, -0.2) is 4.79 Å². The predicted molar refractivity (Wildman–Crippen MR) is 88.2 cm³/mol. The van der Waals surface area contributed by atoms with Gasteiger partial charge < -0.3 is 15.4 Å². The number of nitrogens with two attached hydrogens (primary N) is 1. The lowest BCUT2D eigenvalue weighted by Crippen LogP contribution is -2.43. The van der Waals surface area contributed by atoms with E-state index in [0.717, 1.165) is 23.8 Å². The molecule has 0 radical (unpaired) electrons. The van der Waals surface area contributed by atoms with Crippen LogP contribution in [0.4, 0.5) is 10.7 Å². The number of hydrogen-bond donors (Lipinski definition) is 1. The van der Waals surface area contributed by atoms with Crippen molar-refractivity contribution < 1.29 is 9.53 Å². The smallest absolute Gasteiger partial charge is 0.343 e. The second-order valence-corrected chi connectivity index (χ2v) is 8.19. The van der Waals surface area contributed by atoms with Gasteiger partial charge in [0, 0.05) is 23.6 Å². The minimum Gasteiger partial charge on any atom is -0.462 e. The van der Waals surface area contributed by atoms with Crippen LogP contribution in [0.25, 0.3) is 0 Å². The molecule has 5 nitrogen and oxygen atoms in total. The second-order valence-electron chi connectivity index (χ2n) is 5.39. The van der Waals surface area contributed by atoms with Crippen LogP contribution in [0.15, 0.2) is 0 Å². The van der Waals surface area contributed by atoms with Gasteiger partial charge in [-0.3, -0.25) is 0 Å². The van der Waals surface area contributed by atoms with E-state index in [1.165, 1.54) is 11.3 Å². The summed E-state index contributed by atoms with van der Waals surface area (Å²) in [7, 11) is 0. The third kappa shape index (κ3) is 3.27. The average molecular weight is 325 g/mol. The molecule has 21 heavy (non-hydrogen) atoms. The molecule has 1 aromatic rings. The minimum atomic E-state index is -0.446. The van der Waals surface area contributed by atoms with Crippen molar-refractivity contribution in [1.29, 1.82) is 5.26 Å². The monoisotopic (exact) mass is 325 g/mol. The van der Waals surface area contributed by atoms with Gasteiger partial charge in [-0.05, 0) is 20.8 Å². The Balaban J connectivity index is 2.43. The number of nitrogens with zero attached hydrogens (tertiary/aromatic N) is 2. The van der Waals surface area contributed by atoms with Crippen molar-refractivity contribution in [2.45, 2.75) is 25.5 Å². The lowest BCUT2D eigenvalue weighted by Gasteiger charge is -2.38. The third-order valence-electron chi connectivity index (χ3n) is 3.22. The maximum atomic E-state index is 12.2. The number of nitriles is 1. The summed E-state index contributed by atoms with van der Waals surface area (Å²) in [6.45, 7) is 8.05. The Morgan fingerprint density at radius 3 is 2.86 bits per heavy atom. The summed E-state index contributed by atoms with van der Waals surface area (Å²) in [5.41, 5.74) is 6.57. The molecule has 2 heterocycles. The highest BCUT2D eigenvalue weighted by atomic mass is 32.2. The Morgan fingerprint density at radius 2 is 2.29 bits per heavy atom. The largest absolute Gasteiger partial charge is 0.462 e. The Morgan fingerprint density at radius 1 is 1.57 bits per heavy atom. The third-order valence-corrected chi connectivity index (χ3v) is 5.69. The molecule has 1 aromatic heterocycles. The van der Waals surface area contributed by atoms with Crippen molar-refractivity contribution >= 4 is 39.8 Å². The van der Waals surface area contributed by atoms with Gasteiger partial charge in [-0.2, -0.15) is 17.0 Å². The first-order valence-electron chi connectivity index (χ1n) is 6.78. The van der Waals surface area contributed by atoms with Crippen molar-refractivity contribution in [3.05, 3.63) is 10.4 Å². The molecule has 0 bridgehead atoms. The lowest BCUT2D eigenvalue weighted by atomic mass is 10.1. The number of anilines is 2. The second kappa shape index (κ2) is 6.16. The van der Waals surface area contributed by atoms with Gasteiger partial charge in [-0.15, -0.1) is 11.3 Å². The maximum absolute atomic E-state index is 12.2. The number of ether oxygens (including phenoxy) is 1. The van der Waals surface area contributed by atoms with Crippen LogP contribution in [-0.4, -0.2) is 36.2 Å². The molecule has 0 atom stereocenters. The molecule has 2 N–H and O–H groups in total. The molecule has 1 aliphatic rings. The van der Waals surface area contributed by atoms with Gasteiger partial charge in [0.05, 0.1) is 12.3 Å². The molecule has 0 amide bonds. The summed E-state index contributed by atoms with van der Waals surface area (Å²) in [6, 6.07) is 2.07. The standard InChI is InChI=1S/C14H19N3O2S2/c1-4-19-13(18)10-11(16)9(7-15)21-12(10)17-5-6-20-14(2,3)8-17/h4-6,8,16H2,1-3H3. The predicted octanol–water partition coefficient (Wildman–Crippen LogP) is 2.71. The number of carbonyl (C=O) groups excluding carboxylic acids is 1. The van der Waals surface area contributed by atoms with Crippen molar-refractivity contribution in [2.75, 3.05) is 36.1 Å². The quantitative estimate of drug-likeness (QED) is 0.861. The molecule has 114 valence electrons. The van der Waals surface area contributed by atoms with Gasteiger partial charge in [-0.1, -0.05) is 0 Å². The Labute approximate surface area is 133 Å². The van der Waals surface area contributed by atoms with Crippen LogP contribution in [0, 0.1) is 11.3 Å². The van der Waals surface area contributed by atoms with E-state index in [1.54, 1.807) is 6.92 Å². The molecule has 0 saturated carbocycles. The van der Waals surface area contributed by atoms with E-state index in [0.29, 0.717) is 10.4 Å². The van der Waals surface area contributed by atoms with Gasteiger partial charge in [0.1, 0.15) is 21.5 Å². The molecular formula is C14H19N3O2S2. The van der Waals surface area contributed by atoms with E-state index in [4.69, 9.17) is 10.5 Å². The van der Waals surface area contributed by atoms with E-state index >= 15 is 0 Å². The van der Waals surface area contributed by atoms with E-state index in [2.05, 4.69) is 24.8 Å². The summed E-state index contributed by atoms with van der Waals surface area (Å²) >= 11 is 3.19. The summed E-state index contributed by atoms with van der Waals surface area (Å²) in [5.74, 6) is 0.536.